The van der Waals surface area contributed by atoms with Crippen LogP contribution in [0.15, 0.2) is 24.5 Å². The van der Waals surface area contributed by atoms with E-state index in [0.717, 1.165) is 12.1 Å². The van der Waals surface area contributed by atoms with Crippen molar-refractivity contribution in [1.82, 2.24) is 19.7 Å². The molecule has 0 bridgehead atoms. The molecule has 7 nitrogen and oxygen atoms in total. The molecule has 1 saturated carbocycles. The summed E-state index contributed by atoms with van der Waals surface area (Å²) in [5.41, 5.74) is 0.847. The number of aromatic nitrogens is 4. The van der Waals surface area contributed by atoms with Crippen molar-refractivity contribution < 1.29 is 9.90 Å². The molecule has 0 radical (unpaired) electrons. The fourth-order valence-electron chi connectivity index (χ4n) is 2.79. The monoisotopic (exact) mass is 315 g/mol. The molecule has 2 heterocycles. The first kappa shape index (κ1) is 15.6. The fraction of sp³-hybridized carbons (Fsp3) is 0.500. The van der Waals surface area contributed by atoms with Crippen LogP contribution in [0.25, 0.3) is 5.95 Å². The van der Waals surface area contributed by atoms with Gasteiger partial charge >= 0.3 is 0 Å². The van der Waals surface area contributed by atoms with Gasteiger partial charge in [-0.2, -0.15) is 9.78 Å². The van der Waals surface area contributed by atoms with E-state index in [-0.39, 0.29) is 17.7 Å². The van der Waals surface area contributed by atoms with E-state index in [2.05, 4.69) is 20.4 Å². The Hall–Kier alpha value is -2.28. The quantitative estimate of drug-likeness (QED) is 0.898. The maximum Gasteiger partial charge on any atom is 0.252 e. The molecule has 0 spiro atoms. The Morgan fingerprint density at radius 2 is 2.09 bits per heavy atom. The zero-order valence-electron chi connectivity index (χ0n) is 13.3. The van der Waals surface area contributed by atoms with Crippen LogP contribution in [0, 0.1) is 5.92 Å². The fourth-order valence-corrected chi connectivity index (χ4v) is 2.79. The van der Waals surface area contributed by atoms with Crippen molar-refractivity contribution in [2.75, 3.05) is 5.32 Å². The first-order chi connectivity index (χ1) is 11.1. The number of amides is 1. The lowest BCUT2D eigenvalue weighted by molar-refractivity contribution is -0.122. The van der Waals surface area contributed by atoms with Crippen molar-refractivity contribution in [3.63, 3.8) is 0 Å². The summed E-state index contributed by atoms with van der Waals surface area (Å²) >= 11 is 0. The van der Waals surface area contributed by atoms with Gasteiger partial charge in [-0.25, -0.2) is 9.97 Å². The average molecular weight is 315 g/mol. The highest BCUT2D eigenvalue weighted by Crippen LogP contribution is 2.27. The summed E-state index contributed by atoms with van der Waals surface area (Å²) in [6.07, 6.45) is 4.95. The van der Waals surface area contributed by atoms with Crippen LogP contribution in [-0.4, -0.2) is 36.9 Å². The molecule has 1 amide bonds. The zero-order chi connectivity index (χ0) is 16.4. The molecule has 2 N–H and O–H groups in total. The highest BCUT2D eigenvalue weighted by atomic mass is 16.3. The molecule has 122 valence electrons. The van der Waals surface area contributed by atoms with Crippen molar-refractivity contribution >= 4 is 11.7 Å². The Labute approximate surface area is 134 Å². The topological polar surface area (TPSA) is 92.9 Å². The Balaban J connectivity index is 1.90. The number of nitrogens with one attached hydrogen (secondary N) is 1. The van der Waals surface area contributed by atoms with Gasteiger partial charge < -0.3 is 10.4 Å². The summed E-state index contributed by atoms with van der Waals surface area (Å²) in [5.74, 6) is 0.610. The molecule has 2 atom stereocenters. The minimum Gasteiger partial charge on any atom is -0.392 e. The average Bonchev–Trinajstić information content (AvgIpc) is 3.14. The van der Waals surface area contributed by atoms with Crippen LogP contribution in [0.3, 0.4) is 0 Å². The van der Waals surface area contributed by atoms with E-state index >= 15 is 0 Å². The van der Waals surface area contributed by atoms with Crippen LogP contribution in [-0.2, 0) is 4.79 Å². The zero-order valence-corrected chi connectivity index (χ0v) is 13.3. The lowest BCUT2D eigenvalue weighted by Crippen LogP contribution is -2.29. The third-order valence-electron chi connectivity index (χ3n) is 4.13. The van der Waals surface area contributed by atoms with Gasteiger partial charge in [0.05, 0.1) is 17.7 Å². The maximum absolute atomic E-state index is 12.4. The first-order valence-corrected chi connectivity index (χ1v) is 7.92. The van der Waals surface area contributed by atoms with Gasteiger partial charge in [-0.3, -0.25) is 4.79 Å². The normalized spacial score (nSPS) is 20.9. The molecule has 0 aliphatic heterocycles. The van der Waals surface area contributed by atoms with Gasteiger partial charge in [0, 0.05) is 18.5 Å². The number of nitrogens with zero attached hydrogens (tertiary/aromatic N) is 4. The molecular formula is C16H21N5O2. The predicted octanol–water partition coefficient (Wildman–Crippen LogP) is 1.89. The second kappa shape index (κ2) is 6.45. The van der Waals surface area contributed by atoms with Crippen LogP contribution in [0.4, 0.5) is 5.82 Å². The minimum atomic E-state index is -0.566. The molecule has 2 unspecified atom stereocenters. The molecule has 2 aromatic heterocycles. The van der Waals surface area contributed by atoms with Crippen LogP contribution in [0.1, 0.15) is 44.7 Å². The molecule has 1 aliphatic carbocycles. The van der Waals surface area contributed by atoms with Gasteiger partial charge in [0.25, 0.3) is 5.95 Å². The Morgan fingerprint density at radius 1 is 1.35 bits per heavy atom. The van der Waals surface area contributed by atoms with E-state index in [1.807, 2.05) is 19.9 Å². The van der Waals surface area contributed by atoms with E-state index in [0.29, 0.717) is 24.6 Å². The molecule has 3 rings (SSSR count). The van der Waals surface area contributed by atoms with Gasteiger partial charge in [-0.15, -0.1) is 0 Å². The van der Waals surface area contributed by atoms with E-state index in [9.17, 15) is 9.90 Å². The summed E-state index contributed by atoms with van der Waals surface area (Å²) in [6.45, 7) is 4.07. The smallest absolute Gasteiger partial charge is 0.252 e. The summed E-state index contributed by atoms with van der Waals surface area (Å²) in [4.78, 5) is 20.8. The highest BCUT2D eigenvalue weighted by Gasteiger charge is 2.32. The minimum absolute atomic E-state index is 0.178. The number of anilines is 1. The Kier molecular flexibility index (Phi) is 4.38. The summed E-state index contributed by atoms with van der Waals surface area (Å²) < 4.78 is 1.54. The number of carbonyl (C=O) groups excluding carboxylic acids is 1. The Bertz CT molecular complexity index is 683. The number of hydrogen-bond donors (Lipinski definition) is 2. The predicted molar refractivity (Wildman–Crippen MR) is 85.2 cm³/mol. The van der Waals surface area contributed by atoms with Gasteiger partial charge in [-0.1, -0.05) is 13.8 Å². The SMILES string of the molecule is CC(C)c1cc(NC(=O)C2CCCC2O)n(-c2ncccn2)n1. The maximum atomic E-state index is 12.4. The van der Waals surface area contributed by atoms with E-state index in [1.165, 1.54) is 4.68 Å². The van der Waals surface area contributed by atoms with Crippen molar-refractivity contribution in [3.05, 3.63) is 30.2 Å². The largest absolute Gasteiger partial charge is 0.392 e. The van der Waals surface area contributed by atoms with Gasteiger partial charge in [0.15, 0.2) is 0 Å². The van der Waals surface area contributed by atoms with Crippen molar-refractivity contribution in [3.8, 4) is 5.95 Å². The number of aliphatic hydroxyl groups excluding tert-OH is 1. The van der Waals surface area contributed by atoms with Crippen LogP contribution in [0.2, 0.25) is 0 Å². The summed E-state index contributed by atoms with van der Waals surface area (Å²) in [6, 6.07) is 3.56. The molecular weight excluding hydrogens is 294 g/mol. The van der Waals surface area contributed by atoms with Crippen LogP contribution >= 0.6 is 0 Å². The Morgan fingerprint density at radius 3 is 2.70 bits per heavy atom. The van der Waals surface area contributed by atoms with Crippen molar-refractivity contribution in [2.24, 2.45) is 5.92 Å². The molecule has 2 aromatic rings. The summed E-state index contributed by atoms with van der Waals surface area (Å²) in [5, 5.41) is 17.3. The third kappa shape index (κ3) is 3.24. The molecule has 0 saturated heterocycles. The number of aliphatic hydroxyl groups is 1. The van der Waals surface area contributed by atoms with Gasteiger partial charge in [0.2, 0.25) is 5.91 Å². The van der Waals surface area contributed by atoms with Gasteiger partial charge in [-0.05, 0) is 31.2 Å². The number of rotatable bonds is 4. The first-order valence-electron chi connectivity index (χ1n) is 7.92. The lowest BCUT2D eigenvalue weighted by Gasteiger charge is -2.14. The van der Waals surface area contributed by atoms with Crippen molar-refractivity contribution in [1.29, 1.82) is 0 Å². The molecule has 7 heteroatoms. The second-order valence-corrected chi connectivity index (χ2v) is 6.16. The van der Waals surface area contributed by atoms with Gasteiger partial charge in [0.1, 0.15) is 5.82 Å². The number of hydrogen-bond acceptors (Lipinski definition) is 5. The lowest BCUT2D eigenvalue weighted by atomic mass is 10.1. The van der Waals surface area contributed by atoms with E-state index in [1.54, 1.807) is 18.5 Å². The van der Waals surface area contributed by atoms with E-state index in [4.69, 9.17) is 0 Å². The van der Waals surface area contributed by atoms with Crippen molar-refractivity contribution in [2.45, 2.75) is 45.1 Å². The number of carbonyl (C=O) groups is 1. The molecule has 1 aliphatic rings. The molecule has 0 aromatic carbocycles. The summed E-state index contributed by atoms with van der Waals surface area (Å²) in [7, 11) is 0. The molecule has 23 heavy (non-hydrogen) atoms. The highest BCUT2D eigenvalue weighted by molar-refractivity contribution is 5.92. The third-order valence-corrected chi connectivity index (χ3v) is 4.13. The van der Waals surface area contributed by atoms with Crippen LogP contribution < -0.4 is 5.32 Å². The standard InChI is InChI=1S/C16H21N5O2/c1-10(2)12-9-14(19-15(23)11-5-3-6-13(11)22)21(20-12)16-17-7-4-8-18-16/h4,7-11,13,22H,3,5-6H2,1-2H3,(H,19,23). The van der Waals surface area contributed by atoms with E-state index < -0.39 is 6.10 Å². The second-order valence-electron chi connectivity index (χ2n) is 6.16. The molecule has 1 fully saturated rings. The van der Waals surface area contributed by atoms with Crippen LogP contribution in [0.5, 0.6) is 0 Å².